The molecule has 0 saturated heterocycles. The van der Waals surface area contributed by atoms with Crippen LogP contribution in [0.15, 0.2) is 182 Å². The van der Waals surface area contributed by atoms with E-state index in [0.717, 1.165) is 135 Å². The Morgan fingerprint density at radius 2 is 0.470 bits per heavy atom. The molecular formula is C77H120O6. The molecule has 0 aliphatic heterocycles. The summed E-state index contributed by atoms with van der Waals surface area (Å²) in [7, 11) is 0. The van der Waals surface area contributed by atoms with E-state index in [0.29, 0.717) is 19.3 Å². The zero-order valence-electron chi connectivity index (χ0n) is 53.1. The highest BCUT2D eigenvalue weighted by Gasteiger charge is 2.19. The fourth-order valence-corrected chi connectivity index (χ4v) is 8.46. The van der Waals surface area contributed by atoms with Gasteiger partial charge in [0.25, 0.3) is 0 Å². The van der Waals surface area contributed by atoms with Gasteiger partial charge in [0.1, 0.15) is 13.2 Å². The molecule has 0 saturated carbocycles. The molecule has 0 aromatic carbocycles. The number of hydrogen-bond acceptors (Lipinski definition) is 6. The zero-order valence-corrected chi connectivity index (χ0v) is 53.1. The summed E-state index contributed by atoms with van der Waals surface area (Å²) in [5.74, 6) is -1.02. The van der Waals surface area contributed by atoms with Crippen LogP contribution < -0.4 is 0 Å². The number of ether oxygens (including phenoxy) is 3. The van der Waals surface area contributed by atoms with Gasteiger partial charge in [-0.1, -0.05) is 267 Å². The Hall–Kier alpha value is -5.49. The van der Waals surface area contributed by atoms with Gasteiger partial charge in [-0.05, 0) is 161 Å². The van der Waals surface area contributed by atoms with Crippen molar-refractivity contribution in [1.29, 1.82) is 0 Å². The number of allylic oxidation sites excluding steroid dienone is 30. The van der Waals surface area contributed by atoms with Gasteiger partial charge in [0, 0.05) is 19.3 Å². The zero-order chi connectivity index (χ0) is 59.9. The topological polar surface area (TPSA) is 78.9 Å². The fraction of sp³-hybridized carbons (Fsp3) is 0.571. The summed E-state index contributed by atoms with van der Waals surface area (Å²) in [6.07, 6.45) is 103. The summed E-state index contributed by atoms with van der Waals surface area (Å²) in [5, 5.41) is 0. The molecule has 0 heterocycles. The number of rotatable bonds is 58. The van der Waals surface area contributed by atoms with Crippen LogP contribution in [0.5, 0.6) is 0 Å². The standard InChI is InChI=1S/C77H120O6/c1-4-7-10-13-16-19-22-25-28-31-33-35-36-37-38-39-40-42-43-46-49-52-55-58-61-64-67-70-76(79)82-73-74(72-81-75(78)69-66-63-60-57-54-51-48-45-30-27-24-21-18-15-12-9-6-3)83-77(80)71-68-65-62-59-56-53-50-47-44-41-34-32-29-26-23-20-17-14-11-8-5-2/h7-8,10-11,16-17,19-20,25-30,33-35,37-38,40-42,46-47,49-50,55-56,58-59,74H,4-6,9,12-15,18,21-24,31-32,36,39,43-45,48,51-54,57,60-73H2,1-3H3/b10-7-,11-8-,19-16-,20-17-,28-25-,29-26-,30-27-,35-33-,38-37-,41-34-,42-40-,49-46-,50-47-,58-55-,59-56-. The van der Waals surface area contributed by atoms with E-state index in [2.05, 4.69) is 203 Å². The SMILES string of the molecule is CC/C=C\C/C=C\C/C=C\C/C=C\C/C=C\C/C=C\C/C=C\C/C=C\CCCCC(=O)OCC(COC(=O)CCCCCCCCC/C=C\CCCCCCCC)OC(=O)CCCC/C=C\C/C=C\C/C=C\C/C=C\C/C=C\C/C=C\CC. The molecule has 0 aliphatic carbocycles. The fourth-order valence-electron chi connectivity index (χ4n) is 8.46. The first-order chi connectivity index (χ1) is 41.0. The van der Waals surface area contributed by atoms with E-state index in [1.54, 1.807) is 0 Å². The van der Waals surface area contributed by atoms with Crippen molar-refractivity contribution in [2.45, 2.75) is 271 Å². The van der Waals surface area contributed by atoms with E-state index in [1.165, 1.54) is 77.0 Å². The summed E-state index contributed by atoms with van der Waals surface area (Å²) in [6.45, 7) is 6.33. The normalized spacial score (nSPS) is 13.3. The van der Waals surface area contributed by atoms with Gasteiger partial charge in [0.05, 0.1) is 0 Å². The van der Waals surface area contributed by atoms with Crippen LogP contribution in [0, 0.1) is 0 Å². The number of carbonyl (C=O) groups is 3. The predicted octanol–water partition coefficient (Wildman–Crippen LogP) is 23.2. The molecule has 0 radical (unpaired) electrons. The van der Waals surface area contributed by atoms with Crippen LogP contribution in [0.1, 0.15) is 265 Å². The Morgan fingerprint density at radius 1 is 0.253 bits per heavy atom. The molecule has 0 fully saturated rings. The van der Waals surface area contributed by atoms with Gasteiger partial charge in [-0.2, -0.15) is 0 Å². The van der Waals surface area contributed by atoms with Crippen molar-refractivity contribution in [3.05, 3.63) is 182 Å². The Bertz CT molecular complexity index is 1940. The highest BCUT2D eigenvalue weighted by molar-refractivity contribution is 5.71. The molecule has 0 bridgehead atoms. The maximum atomic E-state index is 12.9. The minimum Gasteiger partial charge on any atom is -0.462 e. The second-order valence-electron chi connectivity index (χ2n) is 21.3. The van der Waals surface area contributed by atoms with Crippen molar-refractivity contribution in [3.8, 4) is 0 Å². The molecular weight excluding hydrogens is 1020 g/mol. The third-order valence-corrected chi connectivity index (χ3v) is 13.4. The van der Waals surface area contributed by atoms with E-state index >= 15 is 0 Å². The van der Waals surface area contributed by atoms with Crippen LogP contribution in [0.3, 0.4) is 0 Å². The molecule has 0 aromatic rings. The van der Waals surface area contributed by atoms with E-state index in [1.807, 2.05) is 0 Å². The molecule has 1 unspecified atom stereocenters. The van der Waals surface area contributed by atoms with E-state index in [9.17, 15) is 14.4 Å². The lowest BCUT2D eigenvalue weighted by Gasteiger charge is -2.18. The first-order valence-electron chi connectivity index (χ1n) is 33.3. The maximum absolute atomic E-state index is 12.9. The smallest absolute Gasteiger partial charge is 0.306 e. The van der Waals surface area contributed by atoms with Gasteiger partial charge < -0.3 is 14.2 Å². The molecule has 0 amide bonds. The molecule has 0 aromatic heterocycles. The van der Waals surface area contributed by atoms with Crippen LogP contribution >= 0.6 is 0 Å². The Balaban J connectivity index is 4.58. The molecule has 0 rings (SSSR count). The Kier molecular flexibility index (Phi) is 64.4. The largest absolute Gasteiger partial charge is 0.462 e. The van der Waals surface area contributed by atoms with Crippen molar-refractivity contribution in [2.75, 3.05) is 13.2 Å². The van der Waals surface area contributed by atoms with Gasteiger partial charge in [-0.25, -0.2) is 0 Å². The molecule has 6 nitrogen and oxygen atoms in total. The van der Waals surface area contributed by atoms with Crippen LogP contribution in [-0.4, -0.2) is 37.2 Å². The maximum Gasteiger partial charge on any atom is 0.306 e. The Morgan fingerprint density at radius 3 is 0.771 bits per heavy atom. The van der Waals surface area contributed by atoms with Gasteiger partial charge in [0.2, 0.25) is 0 Å². The lowest BCUT2D eigenvalue weighted by atomic mass is 10.1. The van der Waals surface area contributed by atoms with Crippen molar-refractivity contribution in [1.82, 2.24) is 0 Å². The van der Waals surface area contributed by atoms with E-state index in [4.69, 9.17) is 14.2 Å². The lowest BCUT2D eigenvalue weighted by Crippen LogP contribution is -2.30. The van der Waals surface area contributed by atoms with Crippen LogP contribution in [0.25, 0.3) is 0 Å². The third kappa shape index (κ3) is 67.2. The molecule has 6 heteroatoms. The number of unbranched alkanes of at least 4 members (excludes halogenated alkanes) is 17. The summed E-state index contributed by atoms with van der Waals surface area (Å²) in [4.78, 5) is 38.4. The highest BCUT2D eigenvalue weighted by atomic mass is 16.6. The summed E-state index contributed by atoms with van der Waals surface area (Å²) in [6, 6.07) is 0. The van der Waals surface area contributed by atoms with Crippen molar-refractivity contribution in [3.63, 3.8) is 0 Å². The molecule has 0 spiro atoms. The van der Waals surface area contributed by atoms with Crippen molar-refractivity contribution < 1.29 is 28.6 Å². The highest BCUT2D eigenvalue weighted by Crippen LogP contribution is 2.14. The molecule has 83 heavy (non-hydrogen) atoms. The van der Waals surface area contributed by atoms with Gasteiger partial charge in [0.15, 0.2) is 6.10 Å². The van der Waals surface area contributed by atoms with Gasteiger partial charge in [-0.3, -0.25) is 14.4 Å². The molecule has 0 N–H and O–H groups in total. The minimum absolute atomic E-state index is 0.121. The first kappa shape index (κ1) is 77.5. The van der Waals surface area contributed by atoms with Crippen LogP contribution in [0.4, 0.5) is 0 Å². The molecule has 1 atom stereocenters. The van der Waals surface area contributed by atoms with Crippen molar-refractivity contribution >= 4 is 17.9 Å². The second kappa shape index (κ2) is 69.0. The third-order valence-electron chi connectivity index (χ3n) is 13.4. The molecule has 464 valence electrons. The van der Waals surface area contributed by atoms with Crippen LogP contribution in [-0.2, 0) is 28.6 Å². The van der Waals surface area contributed by atoms with E-state index < -0.39 is 6.10 Å². The Labute approximate surface area is 510 Å². The van der Waals surface area contributed by atoms with E-state index in [-0.39, 0.29) is 44.0 Å². The number of hydrogen-bond donors (Lipinski definition) is 0. The van der Waals surface area contributed by atoms with Gasteiger partial charge in [-0.15, -0.1) is 0 Å². The number of carbonyl (C=O) groups excluding carboxylic acids is 3. The van der Waals surface area contributed by atoms with Gasteiger partial charge >= 0.3 is 17.9 Å². The number of esters is 3. The monoisotopic (exact) mass is 1140 g/mol. The first-order valence-corrected chi connectivity index (χ1v) is 33.3. The average molecular weight is 1140 g/mol. The summed E-state index contributed by atoms with van der Waals surface area (Å²) in [5.41, 5.74) is 0. The summed E-state index contributed by atoms with van der Waals surface area (Å²) >= 11 is 0. The average Bonchev–Trinajstić information content (AvgIpc) is 3.49. The summed E-state index contributed by atoms with van der Waals surface area (Å²) < 4.78 is 16.9. The predicted molar refractivity (Wildman–Crippen MR) is 361 cm³/mol. The minimum atomic E-state index is -0.834. The van der Waals surface area contributed by atoms with Crippen LogP contribution in [0.2, 0.25) is 0 Å². The second-order valence-corrected chi connectivity index (χ2v) is 21.3. The quantitative estimate of drug-likeness (QED) is 0.0261. The molecule has 0 aliphatic rings. The van der Waals surface area contributed by atoms with Crippen molar-refractivity contribution in [2.24, 2.45) is 0 Å². The lowest BCUT2D eigenvalue weighted by molar-refractivity contribution is -0.167.